The molecule has 5 nitrogen and oxygen atoms in total. The molecule has 7 heteroatoms. The maximum absolute atomic E-state index is 13.0. The molecule has 4 rings (SSSR count). The number of hydrogen-bond donors (Lipinski definition) is 1. The minimum atomic E-state index is -0.832. The third-order valence-corrected chi connectivity index (χ3v) is 5.58. The molecule has 0 saturated heterocycles. The number of hydrogen-bond acceptors (Lipinski definition) is 4. The van der Waals surface area contributed by atoms with Crippen LogP contribution in [0.4, 0.5) is 10.1 Å². The first kappa shape index (κ1) is 20.3. The van der Waals surface area contributed by atoms with Crippen molar-refractivity contribution in [3.8, 4) is 11.5 Å². The summed E-state index contributed by atoms with van der Waals surface area (Å²) in [6.45, 7) is 1.89. The van der Waals surface area contributed by atoms with Gasteiger partial charge in [0.1, 0.15) is 23.5 Å². The predicted octanol–water partition coefficient (Wildman–Crippen LogP) is 5.42. The number of aromatic nitrogens is 1. The molecule has 0 radical (unpaired) electrons. The number of halogens is 2. The predicted molar refractivity (Wildman–Crippen MR) is 114 cm³/mol. The molecule has 1 aliphatic carbocycles. The Bertz CT molecular complexity index is 1130. The van der Waals surface area contributed by atoms with Crippen LogP contribution in [0.1, 0.15) is 24.0 Å². The van der Waals surface area contributed by atoms with Crippen molar-refractivity contribution in [2.24, 2.45) is 5.92 Å². The van der Waals surface area contributed by atoms with E-state index in [1.807, 2.05) is 19.1 Å². The average molecular weight is 427 g/mol. The molecule has 1 aliphatic rings. The number of benzene rings is 2. The zero-order chi connectivity index (χ0) is 21.3. The second-order valence-corrected chi connectivity index (χ2v) is 7.95. The highest BCUT2D eigenvalue weighted by atomic mass is 35.5. The number of rotatable bonds is 8. The topological polar surface area (TPSA) is 68.3 Å². The number of fused-ring (bicyclic) bond motifs is 1. The smallest absolute Gasteiger partial charge is 0.211 e. The highest BCUT2D eigenvalue weighted by molar-refractivity contribution is 6.31. The largest absolute Gasteiger partial charge is 0.457 e. The lowest BCUT2D eigenvalue weighted by Gasteiger charge is -2.12. The molecule has 1 saturated carbocycles. The van der Waals surface area contributed by atoms with E-state index in [1.165, 1.54) is 0 Å². The Morgan fingerprint density at radius 3 is 2.83 bits per heavy atom. The number of alkyl halides is 1. The number of ketones is 1. The summed E-state index contributed by atoms with van der Waals surface area (Å²) < 4.78 is 19.0. The molecule has 2 atom stereocenters. The van der Waals surface area contributed by atoms with Crippen LogP contribution in [0.2, 0.25) is 5.02 Å². The van der Waals surface area contributed by atoms with Crippen LogP contribution in [-0.2, 0) is 16.0 Å². The number of carbonyl (C=O) groups excluding carboxylic acids is 2. The maximum atomic E-state index is 13.0. The molecule has 0 bridgehead atoms. The molecule has 30 heavy (non-hydrogen) atoms. The number of carbonyl (C=O) groups is 2. The summed E-state index contributed by atoms with van der Waals surface area (Å²) in [5.74, 6) is 0.944. The Morgan fingerprint density at radius 2 is 2.13 bits per heavy atom. The minimum Gasteiger partial charge on any atom is -0.457 e. The first-order valence-electron chi connectivity index (χ1n) is 9.66. The van der Waals surface area contributed by atoms with E-state index in [0.29, 0.717) is 40.6 Å². The fourth-order valence-corrected chi connectivity index (χ4v) is 3.68. The molecule has 0 spiro atoms. The number of amides is 1. The third-order valence-electron chi connectivity index (χ3n) is 5.23. The van der Waals surface area contributed by atoms with Gasteiger partial charge in [-0.05, 0) is 60.7 Å². The van der Waals surface area contributed by atoms with Crippen LogP contribution in [0, 0.1) is 12.8 Å². The highest BCUT2D eigenvalue weighted by Gasteiger charge is 2.38. The molecule has 1 amide bonds. The molecule has 2 aromatic carbocycles. The Kier molecular flexibility index (Phi) is 5.68. The van der Waals surface area contributed by atoms with Crippen molar-refractivity contribution < 1.29 is 18.7 Å². The van der Waals surface area contributed by atoms with Crippen LogP contribution in [0.5, 0.6) is 11.5 Å². The van der Waals surface area contributed by atoms with E-state index in [-0.39, 0.29) is 24.5 Å². The monoisotopic (exact) mass is 426 g/mol. The second-order valence-electron chi connectivity index (χ2n) is 7.54. The number of nitrogens with one attached hydrogen (secondary N) is 1. The zero-order valence-corrected chi connectivity index (χ0v) is 17.1. The molecule has 1 fully saturated rings. The normalized spacial score (nSPS) is 17.6. The van der Waals surface area contributed by atoms with Crippen molar-refractivity contribution >= 4 is 40.4 Å². The van der Waals surface area contributed by atoms with Crippen LogP contribution in [0.15, 0.2) is 42.6 Å². The van der Waals surface area contributed by atoms with Gasteiger partial charge in [0, 0.05) is 35.1 Å². The average Bonchev–Trinajstić information content (AvgIpc) is 3.39. The summed E-state index contributed by atoms with van der Waals surface area (Å²) in [6, 6.07) is 10.6. The maximum Gasteiger partial charge on any atom is 0.211 e. The number of Topliss-reactive ketones (excluding diaryl/α,β-unsaturated/α-hetero) is 1. The van der Waals surface area contributed by atoms with Gasteiger partial charge in [0.05, 0.1) is 5.52 Å². The number of nitrogens with zero attached hydrogens (tertiary/aromatic N) is 1. The van der Waals surface area contributed by atoms with E-state index in [2.05, 4.69) is 10.3 Å². The van der Waals surface area contributed by atoms with Crippen LogP contribution in [0.3, 0.4) is 0 Å². The number of aryl methyl sites for hydroxylation is 1. The van der Waals surface area contributed by atoms with Gasteiger partial charge < -0.3 is 10.1 Å². The third kappa shape index (κ3) is 4.44. The summed E-state index contributed by atoms with van der Waals surface area (Å²) in [4.78, 5) is 27.3. The van der Waals surface area contributed by atoms with E-state index in [4.69, 9.17) is 16.3 Å². The van der Waals surface area contributed by atoms with Crippen LogP contribution in [-0.4, -0.2) is 23.3 Å². The van der Waals surface area contributed by atoms with Crippen molar-refractivity contribution in [3.63, 3.8) is 0 Å². The summed E-state index contributed by atoms with van der Waals surface area (Å²) in [7, 11) is 0. The van der Waals surface area contributed by atoms with E-state index in [9.17, 15) is 14.0 Å². The van der Waals surface area contributed by atoms with E-state index >= 15 is 0 Å². The van der Waals surface area contributed by atoms with Crippen LogP contribution >= 0.6 is 11.6 Å². The van der Waals surface area contributed by atoms with Gasteiger partial charge in [-0.1, -0.05) is 17.7 Å². The van der Waals surface area contributed by atoms with Crippen molar-refractivity contribution in [2.45, 2.75) is 32.4 Å². The van der Waals surface area contributed by atoms with Gasteiger partial charge in [0.2, 0.25) is 6.41 Å². The lowest BCUT2D eigenvalue weighted by Crippen LogP contribution is -2.05. The summed E-state index contributed by atoms with van der Waals surface area (Å²) in [5, 5.41) is 3.84. The Morgan fingerprint density at radius 1 is 1.33 bits per heavy atom. The van der Waals surface area contributed by atoms with Gasteiger partial charge in [0.15, 0.2) is 0 Å². The van der Waals surface area contributed by atoms with Crippen molar-refractivity contribution in [1.82, 2.24) is 4.98 Å². The number of pyridine rings is 1. The molecule has 1 heterocycles. The molecular weight excluding hydrogens is 407 g/mol. The lowest BCUT2D eigenvalue weighted by molar-refractivity contribution is -0.118. The molecule has 1 aromatic heterocycles. The zero-order valence-electron chi connectivity index (χ0n) is 16.3. The van der Waals surface area contributed by atoms with Crippen molar-refractivity contribution in [2.75, 3.05) is 5.32 Å². The number of ether oxygens (including phenoxy) is 1. The first-order valence-corrected chi connectivity index (χ1v) is 10.0. The SMILES string of the molecule is Cc1cc2nccc(Oc3ccc(CC(=O)CC4CC4F)c(Cl)c3)c2cc1NC=O. The molecule has 3 aromatic rings. The van der Waals surface area contributed by atoms with E-state index in [0.717, 1.165) is 16.5 Å². The summed E-state index contributed by atoms with van der Waals surface area (Å²) in [5.41, 5.74) is 2.99. The Labute approximate surface area is 178 Å². The standard InChI is InChI=1S/C23H20ClFN2O3/c1-13-6-22-18(11-21(13)27-12-28)23(4-5-26-22)30-17-3-2-14(19(24)10-17)7-16(29)8-15-9-20(15)25/h2-6,10-12,15,20H,7-9H2,1H3,(H,27,28). The van der Waals surface area contributed by atoms with Crippen LogP contribution < -0.4 is 10.1 Å². The van der Waals surface area contributed by atoms with E-state index < -0.39 is 6.17 Å². The van der Waals surface area contributed by atoms with Crippen molar-refractivity contribution in [3.05, 3.63) is 58.7 Å². The highest BCUT2D eigenvalue weighted by Crippen LogP contribution is 2.38. The molecule has 1 N–H and O–H groups in total. The Balaban J connectivity index is 1.54. The molecule has 0 aliphatic heterocycles. The summed E-state index contributed by atoms with van der Waals surface area (Å²) >= 11 is 6.36. The van der Waals surface area contributed by atoms with Crippen molar-refractivity contribution in [1.29, 1.82) is 0 Å². The van der Waals surface area contributed by atoms with Crippen LogP contribution in [0.25, 0.3) is 10.9 Å². The first-order chi connectivity index (χ1) is 14.4. The quantitative estimate of drug-likeness (QED) is 0.488. The summed E-state index contributed by atoms with van der Waals surface area (Å²) in [6.07, 6.45) is 2.36. The second kappa shape index (κ2) is 8.40. The molecular formula is C23H20ClFN2O3. The van der Waals surface area contributed by atoms with Gasteiger partial charge >= 0.3 is 0 Å². The Hall–Kier alpha value is -2.99. The molecule has 2 unspecified atom stereocenters. The van der Waals surface area contributed by atoms with Gasteiger partial charge in [-0.25, -0.2) is 4.39 Å². The number of anilines is 1. The lowest BCUT2D eigenvalue weighted by atomic mass is 10.0. The minimum absolute atomic E-state index is 0.0126. The fraction of sp³-hybridized carbons (Fsp3) is 0.261. The van der Waals surface area contributed by atoms with Gasteiger partial charge in [-0.2, -0.15) is 0 Å². The van der Waals surface area contributed by atoms with E-state index in [1.54, 1.807) is 30.5 Å². The fourth-order valence-electron chi connectivity index (χ4n) is 3.44. The van der Waals surface area contributed by atoms with Gasteiger partial charge in [0.25, 0.3) is 0 Å². The van der Waals surface area contributed by atoms with Gasteiger partial charge in [-0.3, -0.25) is 14.6 Å². The van der Waals surface area contributed by atoms with Gasteiger partial charge in [-0.15, -0.1) is 0 Å². The molecule has 154 valence electrons.